The third-order valence-corrected chi connectivity index (χ3v) is 4.05. The highest BCUT2D eigenvalue weighted by atomic mass is 16.5. The molecule has 3 nitrogen and oxygen atoms in total. The zero-order valence-electron chi connectivity index (χ0n) is 12.7. The van der Waals surface area contributed by atoms with Gasteiger partial charge in [-0.25, -0.2) is 0 Å². The number of hydrogen-bond donors (Lipinski definition) is 1. The van der Waals surface area contributed by atoms with E-state index in [4.69, 9.17) is 4.74 Å². The van der Waals surface area contributed by atoms with Gasteiger partial charge in [-0.1, -0.05) is 37.3 Å². The van der Waals surface area contributed by atoms with Gasteiger partial charge in [0, 0.05) is 13.1 Å². The molecule has 0 radical (unpaired) electrons. The summed E-state index contributed by atoms with van der Waals surface area (Å²) in [7, 11) is 0. The maximum absolute atomic E-state index is 5.36. The maximum atomic E-state index is 5.36. The summed E-state index contributed by atoms with van der Waals surface area (Å²) in [5.41, 5.74) is 1.45. The van der Waals surface area contributed by atoms with Gasteiger partial charge >= 0.3 is 0 Å². The highest BCUT2D eigenvalue weighted by molar-refractivity contribution is 5.18. The normalized spacial score (nSPS) is 18.1. The Morgan fingerprint density at radius 2 is 1.90 bits per heavy atom. The first-order chi connectivity index (χ1) is 9.86. The third-order valence-electron chi connectivity index (χ3n) is 4.05. The number of nitrogens with zero attached hydrogens (tertiary/aromatic N) is 1. The highest BCUT2D eigenvalue weighted by Crippen LogP contribution is 2.17. The fraction of sp³-hybridized carbons (Fsp3) is 0.647. The first-order valence-corrected chi connectivity index (χ1v) is 7.92. The molecule has 1 aliphatic rings. The van der Waals surface area contributed by atoms with Gasteiger partial charge in [-0.05, 0) is 44.0 Å². The van der Waals surface area contributed by atoms with Crippen molar-refractivity contribution >= 4 is 0 Å². The van der Waals surface area contributed by atoms with Gasteiger partial charge in [0.2, 0.25) is 0 Å². The quantitative estimate of drug-likeness (QED) is 0.738. The van der Waals surface area contributed by atoms with Crippen LogP contribution in [0.5, 0.6) is 0 Å². The van der Waals surface area contributed by atoms with Crippen molar-refractivity contribution < 1.29 is 4.74 Å². The van der Waals surface area contributed by atoms with Crippen LogP contribution in [-0.2, 0) is 4.74 Å². The van der Waals surface area contributed by atoms with Crippen molar-refractivity contribution in [1.29, 1.82) is 0 Å². The van der Waals surface area contributed by atoms with Crippen molar-refractivity contribution in [3.05, 3.63) is 35.9 Å². The fourth-order valence-electron chi connectivity index (χ4n) is 2.64. The smallest absolute Gasteiger partial charge is 0.0594 e. The van der Waals surface area contributed by atoms with E-state index < -0.39 is 0 Å². The molecule has 0 bridgehead atoms. The first kappa shape index (κ1) is 15.5. The number of ether oxygens (including phenoxy) is 1. The summed E-state index contributed by atoms with van der Waals surface area (Å²) in [6.45, 7) is 9.76. The van der Waals surface area contributed by atoms with E-state index in [1.54, 1.807) is 0 Å². The Kier molecular flexibility index (Phi) is 7.06. The molecule has 1 saturated heterocycles. The van der Waals surface area contributed by atoms with E-state index in [0.717, 1.165) is 39.4 Å². The minimum Gasteiger partial charge on any atom is -0.379 e. The van der Waals surface area contributed by atoms with E-state index in [9.17, 15) is 0 Å². The standard InChI is InChI=1S/C17H28N2O/c1-16(17-6-3-2-4-7-17)8-10-18-9-5-11-19-12-14-20-15-13-19/h2-4,6-7,16,18H,5,8-15H2,1H3. The number of morpholine rings is 1. The Morgan fingerprint density at radius 3 is 2.65 bits per heavy atom. The molecule has 1 atom stereocenters. The zero-order chi connectivity index (χ0) is 14.0. The molecule has 0 aromatic heterocycles. The van der Waals surface area contributed by atoms with Crippen molar-refractivity contribution in [2.24, 2.45) is 0 Å². The van der Waals surface area contributed by atoms with Crippen molar-refractivity contribution in [1.82, 2.24) is 10.2 Å². The summed E-state index contributed by atoms with van der Waals surface area (Å²) in [5.74, 6) is 0.642. The summed E-state index contributed by atoms with van der Waals surface area (Å²) in [6.07, 6.45) is 2.45. The van der Waals surface area contributed by atoms with Crippen molar-refractivity contribution in [2.45, 2.75) is 25.7 Å². The Balaban J connectivity index is 1.49. The Labute approximate surface area is 123 Å². The molecule has 1 aliphatic heterocycles. The molecule has 0 spiro atoms. The van der Waals surface area contributed by atoms with Gasteiger partial charge in [0.15, 0.2) is 0 Å². The zero-order valence-corrected chi connectivity index (χ0v) is 12.7. The topological polar surface area (TPSA) is 24.5 Å². The first-order valence-electron chi connectivity index (χ1n) is 7.92. The van der Waals surface area contributed by atoms with E-state index >= 15 is 0 Å². The second-order valence-electron chi connectivity index (χ2n) is 5.66. The van der Waals surface area contributed by atoms with E-state index in [1.807, 2.05) is 0 Å². The van der Waals surface area contributed by atoms with E-state index in [2.05, 4.69) is 47.5 Å². The van der Waals surface area contributed by atoms with Gasteiger partial charge in [0.25, 0.3) is 0 Å². The van der Waals surface area contributed by atoms with Crippen LogP contribution in [0.25, 0.3) is 0 Å². The molecule has 20 heavy (non-hydrogen) atoms. The minimum absolute atomic E-state index is 0.642. The van der Waals surface area contributed by atoms with Crippen LogP contribution >= 0.6 is 0 Å². The average molecular weight is 276 g/mol. The van der Waals surface area contributed by atoms with E-state index in [0.29, 0.717) is 5.92 Å². The lowest BCUT2D eigenvalue weighted by atomic mass is 9.98. The average Bonchev–Trinajstić information content (AvgIpc) is 2.52. The lowest BCUT2D eigenvalue weighted by molar-refractivity contribution is 0.0374. The van der Waals surface area contributed by atoms with E-state index in [1.165, 1.54) is 24.9 Å². The van der Waals surface area contributed by atoms with Crippen molar-refractivity contribution in [2.75, 3.05) is 45.9 Å². The molecule has 2 rings (SSSR count). The van der Waals surface area contributed by atoms with Crippen LogP contribution < -0.4 is 5.32 Å². The SMILES string of the molecule is CC(CCNCCCN1CCOCC1)c1ccccc1. The molecule has 112 valence electrons. The molecule has 0 saturated carbocycles. The van der Waals surface area contributed by atoms with Gasteiger partial charge in [-0.2, -0.15) is 0 Å². The number of nitrogens with one attached hydrogen (secondary N) is 1. The molecule has 1 aromatic rings. The highest BCUT2D eigenvalue weighted by Gasteiger charge is 2.09. The third kappa shape index (κ3) is 5.61. The van der Waals surface area contributed by atoms with Gasteiger partial charge in [-0.3, -0.25) is 4.90 Å². The van der Waals surface area contributed by atoms with Crippen LogP contribution in [0.1, 0.15) is 31.2 Å². The summed E-state index contributed by atoms with van der Waals surface area (Å²) in [4.78, 5) is 2.50. The van der Waals surface area contributed by atoms with Gasteiger partial charge in [0.1, 0.15) is 0 Å². The maximum Gasteiger partial charge on any atom is 0.0594 e. The molecule has 1 heterocycles. The summed E-state index contributed by atoms with van der Waals surface area (Å²) in [6, 6.07) is 10.8. The lowest BCUT2D eigenvalue weighted by Crippen LogP contribution is -2.37. The van der Waals surface area contributed by atoms with Crippen LogP contribution in [0.15, 0.2) is 30.3 Å². The molecular weight excluding hydrogens is 248 g/mol. The van der Waals surface area contributed by atoms with Gasteiger partial charge in [0.05, 0.1) is 13.2 Å². The molecular formula is C17H28N2O. The molecule has 1 fully saturated rings. The molecule has 0 amide bonds. The number of rotatable bonds is 8. The molecule has 0 aliphatic carbocycles. The van der Waals surface area contributed by atoms with Crippen molar-refractivity contribution in [3.8, 4) is 0 Å². The minimum atomic E-state index is 0.642. The summed E-state index contributed by atoms with van der Waals surface area (Å²) >= 11 is 0. The van der Waals surface area contributed by atoms with Gasteiger partial charge < -0.3 is 10.1 Å². The Morgan fingerprint density at radius 1 is 1.15 bits per heavy atom. The summed E-state index contributed by atoms with van der Waals surface area (Å²) < 4.78 is 5.36. The van der Waals surface area contributed by atoms with E-state index in [-0.39, 0.29) is 0 Å². The van der Waals surface area contributed by atoms with Crippen LogP contribution in [-0.4, -0.2) is 50.8 Å². The number of hydrogen-bond acceptors (Lipinski definition) is 3. The molecule has 1 aromatic carbocycles. The Hall–Kier alpha value is -0.900. The predicted molar refractivity (Wildman–Crippen MR) is 84.2 cm³/mol. The van der Waals surface area contributed by atoms with Crippen molar-refractivity contribution in [3.63, 3.8) is 0 Å². The van der Waals surface area contributed by atoms with Crippen LogP contribution in [0.3, 0.4) is 0 Å². The Bertz CT molecular complexity index is 349. The largest absolute Gasteiger partial charge is 0.379 e. The molecule has 1 unspecified atom stereocenters. The summed E-state index contributed by atoms with van der Waals surface area (Å²) in [5, 5.41) is 3.57. The predicted octanol–water partition coefficient (Wildman–Crippen LogP) is 2.49. The van der Waals surface area contributed by atoms with Crippen LogP contribution in [0.4, 0.5) is 0 Å². The lowest BCUT2D eigenvalue weighted by Gasteiger charge is -2.26. The van der Waals surface area contributed by atoms with Crippen LogP contribution in [0, 0.1) is 0 Å². The molecule has 1 N–H and O–H groups in total. The molecule has 3 heteroatoms. The monoisotopic (exact) mass is 276 g/mol. The number of benzene rings is 1. The van der Waals surface area contributed by atoms with Crippen LogP contribution in [0.2, 0.25) is 0 Å². The fourth-order valence-corrected chi connectivity index (χ4v) is 2.64. The second-order valence-corrected chi connectivity index (χ2v) is 5.66. The van der Waals surface area contributed by atoms with Gasteiger partial charge in [-0.15, -0.1) is 0 Å². The second kappa shape index (κ2) is 9.11.